The van der Waals surface area contributed by atoms with Crippen molar-refractivity contribution in [2.45, 2.75) is 171 Å². The average Bonchev–Trinajstić information content (AvgIpc) is 3.55. The van der Waals surface area contributed by atoms with Crippen LogP contribution in [0.4, 0.5) is 0 Å². The third-order valence-electron chi connectivity index (χ3n) is 16.2. The first-order valence-electron chi connectivity index (χ1n) is 20.4. The highest BCUT2D eigenvalue weighted by atomic mass is 16.8. The van der Waals surface area contributed by atoms with Crippen LogP contribution in [0.25, 0.3) is 0 Å². The van der Waals surface area contributed by atoms with Crippen molar-refractivity contribution in [1.29, 1.82) is 0 Å². The molecule has 0 aromatic rings. The van der Waals surface area contributed by atoms with Crippen molar-refractivity contribution in [3.05, 3.63) is 0 Å². The monoisotopic (exact) mass is 756 g/mol. The van der Waals surface area contributed by atoms with Gasteiger partial charge in [0.25, 0.3) is 0 Å². The van der Waals surface area contributed by atoms with E-state index < -0.39 is 86.5 Å². The number of aliphatic hydroxyl groups is 8. The van der Waals surface area contributed by atoms with E-state index in [2.05, 4.69) is 27.7 Å². The number of ether oxygens (including phenoxy) is 6. The van der Waals surface area contributed by atoms with Gasteiger partial charge in [-0.25, -0.2) is 0 Å². The van der Waals surface area contributed by atoms with Gasteiger partial charge in [-0.05, 0) is 91.8 Å². The second kappa shape index (κ2) is 14.4. The third kappa shape index (κ3) is 6.11. The van der Waals surface area contributed by atoms with Crippen LogP contribution in [0.5, 0.6) is 0 Å². The quantitative estimate of drug-likeness (QED) is 0.173. The van der Waals surface area contributed by atoms with Gasteiger partial charge in [0.15, 0.2) is 18.4 Å². The van der Waals surface area contributed by atoms with Gasteiger partial charge in [0.1, 0.15) is 48.8 Å². The molecule has 0 amide bonds. The lowest BCUT2D eigenvalue weighted by molar-refractivity contribution is -0.373. The molecular weight excluding hydrogens is 692 g/mol. The van der Waals surface area contributed by atoms with E-state index in [-0.39, 0.29) is 40.8 Å². The Hall–Kier alpha value is -0.560. The molecule has 23 atom stereocenters. The molecule has 0 aromatic heterocycles. The highest BCUT2D eigenvalue weighted by Crippen LogP contribution is 2.71. The third-order valence-corrected chi connectivity index (χ3v) is 16.2. The standard InChI is InChI=1S/C39H64O14/c1-17-7-12-39(48-16-17)18(2)25-33(53-39)29(44)26-21-6-5-19-13-20(8-10-37(19,3)22(21)9-11-38(25,26)4)49-36-34(31(46)28(43)24(15-41)51-36)52-35-32(47)30(45)27(42)23(14-40)50-35/h17-36,40-47H,5-16H2,1-4H3/t17-,18-,19+,20-,21+,22-,23+,24+,25-,26+,27+,28-,29+,30-,31-,32+,33+,34+,35-,36+,37-,38+,39-/m0/s1. The minimum Gasteiger partial charge on any atom is -0.394 e. The maximum atomic E-state index is 12.1. The summed E-state index contributed by atoms with van der Waals surface area (Å²) in [5.74, 6) is 1.79. The Balaban J connectivity index is 0.956. The zero-order valence-corrected chi connectivity index (χ0v) is 31.6. The molecule has 0 radical (unpaired) electrons. The van der Waals surface area contributed by atoms with Crippen LogP contribution in [0, 0.1) is 52.3 Å². The average molecular weight is 757 g/mol. The van der Waals surface area contributed by atoms with Crippen molar-refractivity contribution >= 4 is 0 Å². The van der Waals surface area contributed by atoms with Crippen molar-refractivity contribution in [3.63, 3.8) is 0 Å². The van der Waals surface area contributed by atoms with E-state index in [0.29, 0.717) is 36.7 Å². The minimum absolute atomic E-state index is 0.0208. The molecule has 0 unspecified atom stereocenters. The fraction of sp³-hybridized carbons (Fsp3) is 1.00. The molecule has 4 saturated carbocycles. The second-order valence-electron chi connectivity index (χ2n) is 18.8. The van der Waals surface area contributed by atoms with E-state index >= 15 is 0 Å². The van der Waals surface area contributed by atoms with Crippen molar-refractivity contribution in [1.82, 2.24) is 0 Å². The maximum Gasteiger partial charge on any atom is 0.187 e. The van der Waals surface area contributed by atoms with E-state index in [1.54, 1.807) is 0 Å². The molecule has 0 bridgehead atoms. The topological polar surface area (TPSA) is 217 Å². The molecule has 8 N–H and O–H groups in total. The van der Waals surface area contributed by atoms with Crippen LogP contribution in [0.3, 0.4) is 0 Å². The lowest BCUT2D eigenvalue weighted by Crippen LogP contribution is -2.65. The number of rotatable bonds is 6. The molecule has 4 aliphatic carbocycles. The molecule has 1 spiro atoms. The smallest absolute Gasteiger partial charge is 0.187 e. The van der Waals surface area contributed by atoms with Gasteiger partial charge in [0.2, 0.25) is 0 Å². The lowest BCUT2D eigenvalue weighted by Gasteiger charge is -2.61. The zero-order valence-electron chi connectivity index (χ0n) is 31.6. The summed E-state index contributed by atoms with van der Waals surface area (Å²) < 4.78 is 37.3. The molecule has 4 heterocycles. The van der Waals surface area contributed by atoms with Crippen LogP contribution >= 0.6 is 0 Å². The predicted octanol–water partition coefficient (Wildman–Crippen LogP) is 0.413. The van der Waals surface area contributed by atoms with Gasteiger partial charge in [-0.3, -0.25) is 0 Å². The fourth-order valence-electron chi connectivity index (χ4n) is 13.2. The molecule has 8 fully saturated rings. The van der Waals surface area contributed by atoms with Gasteiger partial charge < -0.3 is 69.3 Å². The molecule has 304 valence electrons. The molecule has 8 aliphatic rings. The summed E-state index contributed by atoms with van der Waals surface area (Å²) in [5, 5.41) is 84.8. The van der Waals surface area contributed by atoms with Crippen molar-refractivity contribution in [2.24, 2.45) is 52.3 Å². The summed E-state index contributed by atoms with van der Waals surface area (Å²) in [4.78, 5) is 0. The first kappa shape index (κ1) is 39.3. The Morgan fingerprint density at radius 1 is 0.660 bits per heavy atom. The fourth-order valence-corrected chi connectivity index (χ4v) is 13.2. The number of fused-ring (bicyclic) bond motifs is 7. The van der Waals surface area contributed by atoms with Gasteiger partial charge in [0, 0.05) is 18.3 Å². The van der Waals surface area contributed by atoms with Crippen LogP contribution in [-0.2, 0) is 28.4 Å². The molecule has 53 heavy (non-hydrogen) atoms. The normalized spacial score (nSPS) is 59.5. The molecular formula is C39H64O14. The molecule has 14 nitrogen and oxygen atoms in total. The maximum absolute atomic E-state index is 12.1. The number of aliphatic hydroxyl groups excluding tert-OH is 8. The number of hydrogen-bond acceptors (Lipinski definition) is 14. The SMILES string of the molecule is C[C@H]1CC[C@]2(OC1)O[C@H]1[C@H](O)[C@H]3[C@@H]4CC[C@@H]5C[C@@H](O[C@@H]6O[C@H](CO)[C@H](O)[C@H](O)[C@H]6O[C@@H]6O[C@H](CO)[C@@H](O)[C@H](O)[C@H]6O)CC[C@]5(C)[C@H]4CC[C@]3(C)[C@H]1[C@@H]2C. The molecule has 14 heteroatoms. The molecule has 4 aliphatic heterocycles. The molecule has 8 rings (SSSR count). The largest absolute Gasteiger partial charge is 0.394 e. The summed E-state index contributed by atoms with van der Waals surface area (Å²) in [6, 6.07) is 0. The van der Waals surface area contributed by atoms with Gasteiger partial charge in [-0.1, -0.05) is 27.7 Å². The Labute approximate surface area is 312 Å². The van der Waals surface area contributed by atoms with E-state index in [1.165, 1.54) is 0 Å². The zero-order chi connectivity index (χ0) is 37.8. The van der Waals surface area contributed by atoms with Gasteiger partial charge >= 0.3 is 0 Å². The van der Waals surface area contributed by atoms with E-state index in [1.807, 2.05) is 0 Å². The number of hydrogen-bond donors (Lipinski definition) is 8. The van der Waals surface area contributed by atoms with Gasteiger partial charge in [-0.2, -0.15) is 0 Å². The van der Waals surface area contributed by atoms with E-state index in [4.69, 9.17) is 28.4 Å². The first-order chi connectivity index (χ1) is 25.2. The lowest BCUT2D eigenvalue weighted by atomic mass is 9.44. The summed E-state index contributed by atoms with van der Waals surface area (Å²) in [7, 11) is 0. The van der Waals surface area contributed by atoms with Gasteiger partial charge in [-0.15, -0.1) is 0 Å². The summed E-state index contributed by atoms with van der Waals surface area (Å²) in [5.41, 5.74) is 0.0217. The predicted molar refractivity (Wildman–Crippen MR) is 184 cm³/mol. The minimum atomic E-state index is -1.73. The summed E-state index contributed by atoms with van der Waals surface area (Å²) in [6.07, 6.45) is -7.30. The van der Waals surface area contributed by atoms with Crippen LogP contribution in [0.2, 0.25) is 0 Å². The first-order valence-corrected chi connectivity index (χ1v) is 20.4. The Bertz CT molecular complexity index is 1300. The van der Waals surface area contributed by atoms with Crippen LogP contribution in [0.1, 0.15) is 85.5 Å². The van der Waals surface area contributed by atoms with Crippen LogP contribution < -0.4 is 0 Å². The summed E-state index contributed by atoms with van der Waals surface area (Å²) >= 11 is 0. The van der Waals surface area contributed by atoms with Crippen molar-refractivity contribution in [2.75, 3.05) is 19.8 Å². The van der Waals surface area contributed by atoms with E-state index in [0.717, 1.165) is 51.4 Å². The van der Waals surface area contributed by atoms with Crippen LogP contribution in [0.15, 0.2) is 0 Å². The Kier molecular flexibility index (Phi) is 10.6. The highest BCUT2D eigenvalue weighted by molar-refractivity contribution is 5.18. The van der Waals surface area contributed by atoms with E-state index in [9.17, 15) is 40.9 Å². The molecule has 0 aromatic carbocycles. The van der Waals surface area contributed by atoms with Gasteiger partial charge in [0.05, 0.1) is 38.1 Å². The Morgan fingerprint density at radius 3 is 2.02 bits per heavy atom. The van der Waals surface area contributed by atoms with Crippen molar-refractivity contribution in [3.8, 4) is 0 Å². The second-order valence-corrected chi connectivity index (χ2v) is 18.8. The van der Waals surface area contributed by atoms with Crippen LogP contribution in [-0.4, -0.2) is 146 Å². The highest BCUT2D eigenvalue weighted by Gasteiger charge is 2.72. The van der Waals surface area contributed by atoms with Crippen molar-refractivity contribution < 1.29 is 69.3 Å². The molecule has 4 saturated heterocycles. The Morgan fingerprint density at radius 2 is 1.34 bits per heavy atom. The summed E-state index contributed by atoms with van der Waals surface area (Å²) in [6.45, 7) is 8.83.